The monoisotopic (exact) mass is 265 g/mol. The molecule has 1 saturated heterocycles. The molecule has 2 aromatic heterocycles. The lowest BCUT2D eigenvalue weighted by atomic mass is 9.96. The van der Waals surface area contributed by atoms with Crippen LogP contribution in [0.5, 0.6) is 0 Å². The number of nitrogens with zero attached hydrogens (tertiary/aromatic N) is 4. The van der Waals surface area contributed by atoms with Crippen LogP contribution in [0.3, 0.4) is 0 Å². The van der Waals surface area contributed by atoms with Crippen molar-refractivity contribution in [3.05, 3.63) is 11.5 Å². The summed E-state index contributed by atoms with van der Waals surface area (Å²) in [4.78, 5) is 5.30. The maximum absolute atomic E-state index is 5.28. The van der Waals surface area contributed by atoms with Gasteiger partial charge in [0.2, 0.25) is 0 Å². The average Bonchev–Trinajstić information content (AvgIpc) is 2.99. The summed E-state index contributed by atoms with van der Waals surface area (Å²) in [6.07, 6.45) is 3.34. The van der Waals surface area contributed by atoms with Crippen LogP contribution in [0.25, 0.3) is 10.8 Å². The van der Waals surface area contributed by atoms with E-state index in [0.29, 0.717) is 11.8 Å². The molecule has 1 aliphatic rings. The molecular weight excluding hydrogens is 250 g/mol. The van der Waals surface area contributed by atoms with Crippen LogP contribution in [-0.2, 0) is 6.42 Å². The number of nitrogens with one attached hydrogen (secondary N) is 1. The lowest BCUT2D eigenvalue weighted by Crippen LogP contribution is -2.31. The van der Waals surface area contributed by atoms with Crippen molar-refractivity contribution < 1.29 is 4.52 Å². The molecular formula is C11H15N5OS. The number of piperidine rings is 1. The highest BCUT2D eigenvalue weighted by Crippen LogP contribution is 2.24. The van der Waals surface area contributed by atoms with Crippen molar-refractivity contribution in [2.24, 2.45) is 5.92 Å². The zero-order valence-electron chi connectivity index (χ0n) is 10.2. The smallest absolute Gasteiger partial charge is 0.271 e. The second-order valence-corrected chi connectivity index (χ2v) is 5.37. The van der Waals surface area contributed by atoms with E-state index in [9.17, 15) is 0 Å². The van der Waals surface area contributed by atoms with Crippen LogP contribution < -0.4 is 5.32 Å². The first-order valence-electron chi connectivity index (χ1n) is 6.15. The van der Waals surface area contributed by atoms with Crippen LogP contribution in [0.1, 0.15) is 24.4 Å². The van der Waals surface area contributed by atoms with Gasteiger partial charge in [0.15, 0.2) is 5.82 Å². The summed E-state index contributed by atoms with van der Waals surface area (Å²) in [6.45, 7) is 4.07. The first kappa shape index (κ1) is 11.7. The van der Waals surface area contributed by atoms with Gasteiger partial charge in [-0.1, -0.05) is 9.64 Å². The van der Waals surface area contributed by atoms with E-state index in [1.165, 1.54) is 24.4 Å². The molecule has 1 N–H and O–H groups in total. The second-order valence-electron chi connectivity index (χ2n) is 4.62. The molecule has 0 saturated carbocycles. The molecule has 6 nitrogen and oxygen atoms in total. The van der Waals surface area contributed by atoms with E-state index >= 15 is 0 Å². The van der Waals surface area contributed by atoms with E-state index in [-0.39, 0.29) is 0 Å². The van der Waals surface area contributed by atoms with Gasteiger partial charge in [-0.2, -0.15) is 4.98 Å². The van der Waals surface area contributed by atoms with E-state index in [4.69, 9.17) is 4.52 Å². The van der Waals surface area contributed by atoms with Gasteiger partial charge in [0.1, 0.15) is 4.88 Å². The van der Waals surface area contributed by atoms with Crippen molar-refractivity contribution in [2.75, 3.05) is 13.1 Å². The van der Waals surface area contributed by atoms with Crippen molar-refractivity contribution in [2.45, 2.75) is 26.2 Å². The number of hydrogen-bond donors (Lipinski definition) is 1. The molecule has 1 aliphatic heterocycles. The Morgan fingerprint density at radius 1 is 1.50 bits per heavy atom. The maximum Gasteiger partial charge on any atom is 0.271 e. The van der Waals surface area contributed by atoms with Gasteiger partial charge < -0.3 is 9.84 Å². The van der Waals surface area contributed by atoms with Gasteiger partial charge >= 0.3 is 0 Å². The van der Waals surface area contributed by atoms with E-state index in [1.807, 2.05) is 6.92 Å². The van der Waals surface area contributed by atoms with Crippen molar-refractivity contribution in [3.8, 4) is 10.8 Å². The van der Waals surface area contributed by atoms with Crippen LogP contribution in [0.15, 0.2) is 4.52 Å². The van der Waals surface area contributed by atoms with Crippen LogP contribution in [-0.4, -0.2) is 32.8 Å². The fourth-order valence-corrected chi connectivity index (χ4v) is 2.79. The second kappa shape index (κ2) is 5.11. The molecule has 0 spiro atoms. The van der Waals surface area contributed by atoms with E-state index in [0.717, 1.165) is 35.9 Å². The number of aromatic nitrogens is 4. The lowest BCUT2D eigenvalue weighted by Gasteiger charge is -2.20. The highest BCUT2D eigenvalue weighted by Gasteiger charge is 2.19. The summed E-state index contributed by atoms with van der Waals surface area (Å²) in [5.74, 6) is 1.94. The Morgan fingerprint density at radius 3 is 3.17 bits per heavy atom. The Labute approximate surface area is 109 Å². The Hall–Kier alpha value is -1.34. The molecule has 1 fully saturated rings. The molecule has 3 rings (SSSR count). The Morgan fingerprint density at radius 2 is 2.44 bits per heavy atom. The van der Waals surface area contributed by atoms with Crippen LogP contribution in [0, 0.1) is 12.8 Å². The Kier molecular flexibility index (Phi) is 3.33. The minimum Gasteiger partial charge on any atom is -0.333 e. The van der Waals surface area contributed by atoms with E-state index in [1.54, 1.807) is 0 Å². The molecule has 96 valence electrons. The standard InChI is InChI=1S/C11H15N5OS/c1-7-10(18-16-14-7)11-13-9(15-17-11)5-8-3-2-4-12-6-8/h8,12H,2-6H2,1H3. The molecule has 1 unspecified atom stereocenters. The first-order chi connectivity index (χ1) is 8.83. The molecule has 0 amide bonds. The number of aryl methyl sites for hydroxylation is 1. The highest BCUT2D eigenvalue weighted by molar-refractivity contribution is 7.09. The van der Waals surface area contributed by atoms with Crippen LogP contribution in [0.4, 0.5) is 0 Å². The van der Waals surface area contributed by atoms with Crippen LogP contribution in [0.2, 0.25) is 0 Å². The minimum atomic E-state index is 0.543. The fraction of sp³-hybridized carbons (Fsp3) is 0.636. The summed E-state index contributed by atoms with van der Waals surface area (Å²) in [5.41, 5.74) is 0.842. The molecule has 0 radical (unpaired) electrons. The van der Waals surface area contributed by atoms with Gasteiger partial charge in [-0.15, -0.1) is 5.10 Å². The number of rotatable bonds is 3. The molecule has 0 aliphatic carbocycles. The lowest BCUT2D eigenvalue weighted by molar-refractivity contribution is 0.360. The topological polar surface area (TPSA) is 76.7 Å². The fourth-order valence-electron chi connectivity index (χ4n) is 2.21. The van der Waals surface area contributed by atoms with Gasteiger partial charge in [0, 0.05) is 6.42 Å². The summed E-state index contributed by atoms with van der Waals surface area (Å²) in [6, 6.07) is 0. The third-order valence-corrected chi connectivity index (χ3v) is 4.00. The molecule has 0 bridgehead atoms. The summed E-state index contributed by atoms with van der Waals surface area (Å²) in [5, 5.41) is 11.4. The molecule has 0 aromatic carbocycles. The highest BCUT2D eigenvalue weighted by atomic mass is 32.1. The average molecular weight is 265 g/mol. The third kappa shape index (κ3) is 2.41. The zero-order chi connectivity index (χ0) is 12.4. The molecule has 18 heavy (non-hydrogen) atoms. The van der Waals surface area contributed by atoms with Crippen molar-refractivity contribution in [1.82, 2.24) is 25.0 Å². The SMILES string of the molecule is Cc1nnsc1-c1nc(CC2CCCNC2)no1. The van der Waals surface area contributed by atoms with E-state index < -0.39 is 0 Å². The van der Waals surface area contributed by atoms with Crippen molar-refractivity contribution >= 4 is 11.5 Å². The van der Waals surface area contributed by atoms with Gasteiger partial charge in [0.25, 0.3) is 5.89 Å². The summed E-state index contributed by atoms with van der Waals surface area (Å²) < 4.78 is 9.16. The normalized spacial score (nSPS) is 20.2. The van der Waals surface area contributed by atoms with E-state index in [2.05, 4.69) is 25.0 Å². The molecule has 3 heterocycles. The Bertz CT molecular complexity index is 517. The van der Waals surface area contributed by atoms with Crippen molar-refractivity contribution in [3.63, 3.8) is 0 Å². The zero-order valence-corrected chi connectivity index (χ0v) is 11.0. The minimum absolute atomic E-state index is 0.543. The Balaban J connectivity index is 1.71. The number of hydrogen-bond acceptors (Lipinski definition) is 7. The molecule has 7 heteroatoms. The molecule has 1 atom stereocenters. The predicted octanol–water partition coefficient (Wildman–Crippen LogP) is 1.44. The van der Waals surface area contributed by atoms with Crippen molar-refractivity contribution in [1.29, 1.82) is 0 Å². The van der Waals surface area contributed by atoms with Gasteiger partial charge in [-0.3, -0.25) is 0 Å². The maximum atomic E-state index is 5.28. The predicted molar refractivity (Wildman–Crippen MR) is 67.2 cm³/mol. The third-order valence-electron chi connectivity index (χ3n) is 3.18. The summed E-state index contributed by atoms with van der Waals surface area (Å²) in [7, 11) is 0. The van der Waals surface area contributed by atoms with Gasteiger partial charge in [-0.05, 0) is 50.3 Å². The van der Waals surface area contributed by atoms with Gasteiger partial charge in [0.05, 0.1) is 5.69 Å². The van der Waals surface area contributed by atoms with Crippen LogP contribution >= 0.6 is 11.5 Å². The van der Waals surface area contributed by atoms with Gasteiger partial charge in [-0.25, -0.2) is 0 Å². The quantitative estimate of drug-likeness (QED) is 0.905. The first-order valence-corrected chi connectivity index (χ1v) is 6.93. The molecule has 2 aromatic rings. The summed E-state index contributed by atoms with van der Waals surface area (Å²) >= 11 is 1.29. The largest absolute Gasteiger partial charge is 0.333 e.